The molecule has 1 rings (SSSR count). The number of hydrogen-bond donors (Lipinski definition) is 0. The molecular weight excluding hydrogens is 232 g/mol. The average Bonchev–Trinajstić information content (AvgIpc) is 2.44. The van der Waals surface area contributed by atoms with Gasteiger partial charge < -0.3 is 8.85 Å². The summed E-state index contributed by atoms with van der Waals surface area (Å²) in [6, 6.07) is 0. The highest BCUT2D eigenvalue weighted by atomic mass is 28.4. The lowest BCUT2D eigenvalue weighted by Crippen LogP contribution is -2.37. The Bertz CT molecular complexity index is 218. The van der Waals surface area contributed by atoms with Gasteiger partial charge in [-0.3, -0.25) is 0 Å². The molecule has 0 radical (unpaired) electrons. The van der Waals surface area contributed by atoms with E-state index < -0.39 is 16.6 Å². The molecule has 0 amide bonds. The molecule has 1 fully saturated rings. The van der Waals surface area contributed by atoms with Gasteiger partial charge in [0.1, 0.15) is 0 Å². The van der Waals surface area contributed by atoms with Crippen molar-refractivity contribution in [3.8, 4) is 0 Å². The lowest BCUT2D eigenvalue weighted by molar-refractivity contribution is 0.111. The third-order valence-corrected chi connectivity index (χ3v) is 4.87. The maximum Gasteiger partial charge on any atom is 0.184 e. The van der Waals surface area contributed by atoms with Crippen molar-refractivity contribution in [2.75, 3.05) is 6.61 Å². The molecule has 0 aliphatic heterocycles. The van der Waals surface area contributed by atoms with Crippen molar-refractivity contribution in [1.29, 1.82) is 0 Å². The average molecular weight is 261 g/mol. The zero-order valence-corrected chi connectivity index (χ0v) is 13.8. The molecule has 96 valence electrons. The summed E-state index contributed by atoms with van der Waals surface area (Å²) in [7, 11) is -2.74. The van der Waals surface area contributed by atoms with Gasteiger partial charge in [-0.1, -0.05) is 6.42 Å². The second-order valence-corrected chi connectivity index (χ2v) is 15.9. The van der Waals surface area contributed by atoms with E-state index >= 15 is 0 Å². The van der Waals surface area contributed by atoms with Gasteiger partial charge in [0.05, 0.1) is 0 Å². The maximum absolute atomic E-state index is 6.25. The fraction of sp³-hybridized carbons (Fsp3) is 1.00. The van der Waals surface area contributed by atoms with Gasteiger partial charge in [-0.2, -0.15) is 0 Å². The molecule has 2 atom stereocenters. The van der Waals surface area contributed by atoms with Gasteiger partial charge in [0.25, 0.3) is 0 Å². The Hall–Kier alpha value is 0.354. The Morgan fingerprint density at radius 2 is 1.56 bits per heavy atom. The van der Waals surface area contributed by atoms with Crippen LogP contribution in [0.3, 0.4) is 0 Å². The smallest absolute Gasteiger partial charge is 0.184 e. The second kappa shape index (κ2) is 5.33. The Labute approximate surface area is 103 Å². The molecule has 0 heterocycles. The first-order valence-electron chi connectivity index (χ1n) is 6.49. The van der Waals surface area contributed by atoms with E-state index in [0.717, 1.165) is 6.61 Å². The van der Waals surface area contributed by atoms with Gasteiger partial charge in [-0.25, -0.2) is 0 Å². The van der Waals surface area contributed by atoms with E-state index in [0.29, 0.717) is 12.0 Å². The molecule has 1 saturated carbocycles. The summed E-state index contributed by atoms with van der Waals surface area (Å²) in [5.41, 5.74) is 0. The molecule has 16 heavy (non-hydrogen) atoms. The summed E-state index contributed by atoms with van der Waals surface area (Å²) in [6.07, 6.45) is 4.32. The summed E-state index contributed by atoms with van der Waals surface area (Å²) in [4.78, 5) is 0. The van der Waals surface area contributed by atoms with Crippen LogP contribution >= 0.6 is 0 Å². The van der Waals surface area contributed by atoms with E-state index in [1.54, 1.807) is 0 Å². The fourth-order valence-corrected chi connectivity index (χ4v) is 4.09. The normalized spacial score (nSPS) is 27.4. The minimum Gasteiger partial charge on any atom is -0.417 e. The highest BCUT2D eigenvalue weighted by Gasteiger charge is 2.33. The maximum atomic E-state index is 6.25. The van der Waals surface area contributed by atoms with Crippen LogP contribution in [0.5, 0.6) is 0 Å². The minimum absolute atomic E-state index is 0.475. The van der Waals surface area contributed by atoms with Gasteiger partial charge >= 0.3 is 0 Å². The van der Waals surface area contributed by atoms with E-state index in [9.17, 15) is 0 Å². The zero-order valence-electron chi connectivity index (χ0n) is 11.8. The molecule has 0 saturated heterocycles. The largest absolute Gasteiger partial charge is 0.417 e. The van der Waals surface area contributed by atoms with Crippen molar-refractivity contribution in [2.24, 2.45) is 5.92 Å². The van der Waals surface area contributed by atoms with Crippen LogP contribution in [0.15, 0.2) is 0 Å². The van der Waals surface area contributed by atoms with E-state index in [4.69, 9.17) is 8.85 Å². The third kappa shape index (κ3) is 5.61. The molecule has 0 aromatic rings. The highest BCUT2D eigenvalue weighted by Crippen LogP contribution is 2.31. The van der Waals surface area contributed by atoms with Crippen molar-refractivity contribution in [3.63, 3.8) is 0 Å². The topological polar surface area (TPSA) is 18.5 Å². The minimum atomic E-state index is -1.38. The molecular formula is C12H28O2Si2. The number of rotatable bonds is 5. The quantitative estimate of drug-likeness (QED) is 0.699. The molecule has 1 aliphatic rings. The van der Waals surface area contributed by atoms with Gasteiger partial charge in [-0.15, -0.1) is 0 Å². The van der Waals surface area contributed by atoms with Crippen LogP contribution in [-0.4, -0.2) is 29.3 Å². The molecule has 0 N–H and O–H groups in total. The van der Waals surface area contributed by atoms with E-state index in [-0.39, 0.29) is 0 Å². The Morgan fingerprint density at radius 1 is 0.938 bits per heavy atom. The van der Waals surface area contributed by atoms with Gasteiger partial charge in [-0.05, 0) is 52.1 Å². The van der Waals surface area contributed by atoms with Crippen molar-refractivity contribution in [1.82, 2.24) is 0 Å². The molecule has 4 heteroatoms. The van der Waals surface area contributed by atoms with Crippen LogP contribution < -0.4 is 0 Å². The summed E-state index contributed by atoms with van der Waals surface area (Å²) >= 11 is 0. The van der Waals surface area contributed by atoms with E-state index in [1.165, 1.54) is 19.3 Å². The first-order valence-corrected chi connectivity index (χ1v) is 13.3. The molecule has 0 bridgehead atoms. The van der Waals surface area contributed by atoms with Crippen molar-refractivity contribution < 1.29 is 8.85 Å². The Morgan fingerprint density at radius 3 is 2.06 bits per heavy atom. The van der Waals surface area contributed by atoms with Gasteiger partial charge in [0.2, 0.25) is 0 Å². The van der Waals surface area contributed by atoms with Crippen LogP contribution in [0.25, 0.3) is 0 Å². The zero-order chi connectivity index (χ0) is 12.4. The first kappa shape index (κ1) is 14.4. The van der Waals surface area contributed by atoms with E-state index in [1.807, 2.05) is 0 Å². The van der Waals surface area contributed by atoms with Crippen LogP contribution in [0.2, 0.25) is 39.3 Å². The predicted octanol–water partition coefficient (Wildman–Crippen LogP) is 3.86. The van der Waals surface area contributed by atoms with Crippen LogP contribution in [-0.2, 0) is 8.85 Å². The molecule has 0 spiro atoms. The molecule has 1 aliphatic carbocycles. The van der Waals surface area contributed by atoms with E-state index in [2.05, 4.69) is 39.3 Å². The summed E-state index contributed by atoms with van der Waals surface area (Å²) in [5, 5.41) is 0. The first-order chi connectivity index (χ1) is 7.17. The summed E-state index contributed by atoms with van der Waals surface area (Å²) in [6.45, 7) is 14.5. The van der Waals surface area contributed by atoms with Crippen molar-refractivity contribution in [3.05, 3.63) is 0 Å². The Balaban J connectivity index is 2.41. The Kier molecular flexibility index (Phi) is 4.81. The van der Waals surface area contributed by atoms with Crippen LogP contribution in [0.1, 0.15) is 19.3 Å². The molecule has 2 nitrogen and oxygen atoms in total. The van der Waals surface area contributed by atoms with Crippen LogP contribution in [0, 0.1) is 5.92 Å². The fourth-order valence-electron chi connectivity index (χ4n) is 2.16. The standard InChI is InChI=1S/C12H28O2Si2/c1-15(2,3)13-10-11-8-7-9-12(11)14-16(4,5)6/h11-12H,7-10H2,1-6H3. The second-order valence-electron chi connectivity index (χ2n) is 6.88. The molecule has 0 aromatic carbocycles. The molecule has 2 unspecified atom stereocenters. The van der Waals surface area contributed by atoms with Crippen molar-refractivity contribution >= 4 is 16.6 Å². The van der Waals surface area contributed by atoms with Gasteiger partial charge in [0, 0.05) is 18.6 Å². The lowest BCUT2D eigenvalue weighted by atomic mass is 10.1. The summed E-state index contributed by atoms with van der Waals surface area (Å²) < 4.78 is 12.3. The van der Waals surface area contributed by atoms with Gasteiger partial charge in [0.15, 0.2) is 16.6 Å². The van der Waals surface area contributed by atoms with Crippen LogP contribution in [0.4, 0.5) is 0 Å². The number of hydrogen-bond acceptors (Lipinski definition) is 2. The monoisotopic (exact) mass is 260 g/mol. The lowest BCUT2D eigenvalue weighted by Gasteiger charge is -2.29. The van der Waals surface area contributed by atoms with Crippen molar-refractivity contribution in [2.45, 2.75) is 64.6 Å². The third-order valence-electron chi connectivity index (χ3n) is 2.82. The predicted molar refractivity (Wildman–Crippen MR) is 74.9 cm³/mol. The summed E-state index contributed by atoms with van der Waals surface area (Å²) in [5.74, 6) is 0.651. The SMILES string of the molecule is C[Si](C)(C)OCC1CCCC1O[Si](C)(C)C. The molecule has 0 aromatic heterocycles. The highest BCUT2D eigenvalue weighted by molar-refractivity contribution is 6.70.